The van der Waals surface area contributed by atoms with E-state index in [4.69, 9.17) is 5.73 Å². The zero-order valence-electron chi connectivity index (χ0n) is 18.4. The second-order valence-electron chi connectivity index (χ2n) is 8.28. The van der Waals surface area contributed by atoms with Crippen molar-refractivity contribution >= 4 is 17.9 Å². The van der Waals surface area contributed by atoms with Crippen LogP contribution in [0, 0.1) is 0 Å². The predicted molar refractivity (Wildman–Crippen MR) is 120 cm³/mol. The molecule has 0 atom stereocenters. The van der Waals surface area contributed by atoms with Crippen molar-refractivity contribution in [2.75, 3.05) is 6.54 Å². The second-order valence-corrected chi connectivity index (χ2v) is 8.28. The minimum absolute atomic E-state index is 0.170. The Labute approximate surface area is 190 Å². The van der Waals surface area contributed by atoms with Crippen LogP contribution in [0.5, 0.6) is 0 Å². The molecule has 0 spiro atoms. The van der Waals surface area contributed by atoms with Crippen molar-refractivity contribution in [1.82, 2.24) is 20.1 Å². The van der Waals surface area contributed by atoms with Gasteiger partial charge in [0.25, 0.3) is 5.91 Å². The van der Waals surface area contributed by atoms with Gasteiger partial charge in [0.05, 0.1) is 11.8 Å². The van der Waals surface area contributed by atoms with Gasteiger partial charge in [-0.25, -0.2) is 4.68 Å². The van der Waals surface area contributed by atoms with Gasteiger partial charge in [-0.05, 0) is 37.0 Å². The number of nitrogens with zero attached hydrogens (tertiary/aromatic N) is 4. The first kappa shape index (κ1) is 24.2. The van der Waals surface area contributed by atoms with Gasteiger partial charge in [-0.3, -0.25) is 14.8 Å². The number of allylic oxidation sites excluding steroid dienone is 1. The maximum atomic E-state index is 13.6. The maximum Gasteiger partial charge on any atom is 0.435 e. The molecule has 0 bridgehead atoms. The van der Waals surface area contributed by atoms with Crippen LogP contribution in [0.4, 0.5) is 13.2 Å². The monoisotopic (exact) mass is 460 g/mol. The van der Waals surface area contributed by atoms with Crippen LogP contribution < -0.4 is 11.1 Å². The predicted octanol–water partition coefficient (Wildman–Crippen LogP) is 4.29. The average molecular weight is 461 g/mol. The third-order valence-corrected chi connectivity index (χ3v) is 5.67. The lowest BCUT2D eigenvalue weighted by Crippen LogP contribution is -2.42. The molecule has 1 amide bonds. The Morgan fingerprint density at radius 3 is 2.70 bits per heavy atom. The fourth-order valence-electron chi connectivity index (χ4n) is 4.00. The zero-order valence-corrected chi connectivity index (χ0v) is 18.4. The van der Waals surface area contributed by atoms with E-state index in [2.05, 4.69) is 27.0 Å². The van der Waals surface area contributed by atoms with E-state index >= 15 is 0 Å². The normalized spacial score (nSPS) is 16.7. The first-order valence-electron chi connectivity index (χ1n) is 10.6. The molecular weight excluding hydrogens is 433 g/mol. The number of amides is 1. The van der Waals surface area contributed by atoms with E-state index in [1.165, 1.54) is 6.21 Å². The van der Waals surface area contributed by atoms with Crippen molar-refractivity contribution in [3.8, 4) is 0 Å². The lowest BCUT2D eigenvalue weighted by atomic mass is 9.70. The molecule has 3 rings (SSSR count). The number of aliphatic imine (C=N–C) groups is 1. The number of carbonyl (C=O) groups is 1. The largest absolute Gasteiger partial charge is 0.435 e. The molecule has 1 aliphatic carbocycles. The molecule has 7 nitrogen and oxygen atoms in total. The van der Waals surface area contributed by atoms with Crippen LogP contribution >= 0.6 is 0 Å². The summed E-state index contributed by atoms with van der Waals surface area (Å²) < 4.78 is 41.6. The Balaban J connectivity index is 1.86. The molecule has 1 saturated carbocycles. The Kier molecular flexibility index (Phi) is 7.35. The molecule has 10 heteroatoms. The summed E-state index contributed by atoms with van der Waals surface area (Å²) >= 11 is 0. The SMILES string of the molecule is C=C(C)/C=N\C=C(/N)n1cc(C(=O)NCC2(c3cccnc3)CCCCC2)c(C(F)(F)F)n1. The van der Waals surface area contributed by atoms with Crippen LogP contribution in [-0.2, 0) is 11.6 Å². The van der Waals surface area contributed by atoms with Crippen molar-refractivity contribution in [3.05, 3.63) is 65.9 Å². The fraction of sp³-hybridized carbons (Fsp3) is 0.391. The third-order valence-electron chi connectivity index (χ3n) is 5.67. The van der Waals surface area contributed by atoms with E-state index in [1.54, 1.807) is 19.3 Å². The summed E-state index contributed by atoms with van der Waals surface area (Å²) in [6.07, 6.45) is 6.78. The van der Waals surface area contributed by atoms with Gasteiger partial charge >= 0.3 is 6.18 Å². The van der Waals surface area contributed by atoms with Gasteiger partial charge in [0.2, 0.25) is 0 Å². The minimum atomic E-state index is -4.83. The molecule has 2 heterocycles. The standard InChI is InChI=1S/C23H27F3N6O/c1-16(2)11-29-13-19(27)32-14-18(20(31-32)23(24,25)26)21(33)30-15-22(8-4-3-5-9-22)17-7-6-10-28-12-17/h6-7,10-14H,1,3-5,8-9,15,27H2,2H3,(H,30,33)/b19-13+,29-11-. The average Bonchev–Trinajstić information content (AvgIpc) is 3.25. The summed E-state index contributed by atoms with van der Waals surface area (Å²) in [7, 11) is 0. The molecule has 0 saturated heterocycles. The minimum Gasteiger partial charge on any atom is -0.382 e. The lowest BCUT2D eigenvalue weighted by molar-refractivity contribution is -0.141. The summed E-state index contributed by atoms with van der Waals surface area (Å²) in [6.45, 7) is 5.54. The van der Waals surface area contributed by atoms with Gasteiger partial charge in [0.15, 0.2) is 5.69 Å². The molecule has 176 valence electrons. The molecule has 0 unspecified atom stereocenters. The van der Waals surface area contributed by atoms with Crippen molar-refractivity contribution in [3.63, 3.8) is 0 Å². The molecule has 2 aromatic heterocycles. The maximum absolute atomic E-state index is 13.6. The van der Waals surface area contributed by atoms with Crippen LogP contribution in [0.2, 0.25) is 0 Å². The van der Waals surface area contributed by atoms with Crippen LogP contribution in [0.15, 0.2) is 54.1 Å². The quantitative estimate of drug-likeness (QED) is 0.602. The number of alkyl halides is 3. The van der Waals surface area contributed by atoms with E-state index in [0.29, 0.717) is 5.57 Å². The molecule has 0 aliphatic heterocycles. The second kappa shape index (κ2) is 10.0. The third kappa shape index (κ3) is 5.88. The van der Waals surface area contributed by atoms with Crippen LogP contribution in [0.25, 0.3) is 5.82 Å². The van der Waals surface area contributed by atoms with E-state index in [-0.39, 0.29) is 17.8 Å². The van der Waals surface area contributed by atoms with Gasteiger partial charge in [0.1, 0.15) is 5.82 Å². The van der Waals surface area contributed by atoms with Gasteiger partial charge in [0, 0.05) is 36.8 Å². The molecule has 1 aliphatic rings. The van der Waals surface area contributed by atoms with Crippen molar-refractivity contribution < 1.29 is 18.0 Å². The summed E-state index contributed by atoms with van der Waals surface area (Å²) in [6, 6.07) is 3.77. The Morgan fingerprint density at radius 2 is 2.09 bits per heavy atom. The highest BCUT2D eigenvalue weighted by Gasteiger charge is 2.40. The molecule has 33 heavy (non-hydrogen) atoms. The highest BCUT2D eigenvalue weighted by atomic mass is 19.4. The number of hydrogen-bond donors (Lipinski definition) is 2. The van der Waals surface area contributed by atoms with E-state index in [0.717, 1.165) is 54.7 Å². The first-order chi connectivity index (χ1) is 15.6. The van der Waals surface area contributed by atoms with E-state index in [9.17, 15) is 18.0 Å². The number of halogens is 3. The van der Waals surface area contributed by atoms with Crippen molar-refractivity contribution in [1.29, 1.82) is 0 Å². The van der Waals surface area contributed by atoms with E-state index in [1.807, 2.05) is 12.1 Å². The number of rotatable bonds is 7. The molecule has 0 aromatic carbocycles. The number of aromatic nitrogens is 3. The molecular formula is C23H27F3N6O. The van der Waals surface area contributed by atoms with Crippen LogP contribution in [0.3, 0.4) is 0 Å². The first-order valence-corrected chi connectivity index (χ1v) is 10.6. The van der Waals surface area contributed by atoms with Gasteiger partial charge in [-0.2, -0.15) is 18.3 Å². The Bertz CT molecular complexity index is 1050. The smallest absolute Gasteiger partial charge is 0.382 e. The molecule has 2 aromatic rings. The summed E-state index contributed by atoms with van der Waals surface area (Å²) in [4.78, 5) is 20.9. The molecule has 3 N–H and O–H groups in total. The fourth-order valence-corrected chi connectivity index (χ4v) is 4.00. The number of hydrogen-bond acceptors (Lipinski definition) is 5. The van der Waals surface area contributed by atoms with Gasteiger partial charge in [-0.1, -0.05) is 31.9 Å². The summed E-state index contributed by atoms with van der Waals surface area (Å²) in [5.41, 5.74) is 5.15. The highest BCUT2D eigenvalue weighted by Crippen LogP contribution is 2.39. The number of carbonyl (C=O) groups excluding carboxylic acids is 1. The zero-order chi connectivity index (χ0) is 24.1. The molecule has 0 radical (unpaired) electrons. The van der Waals surface area contributed by atoms with Crippen LogP contribution in [0.1, 0.15) is 60.6 Å². The van der Waals surface area contributed by atoms with E-state index < -0.39 is 23.3 Å². The van der Waals surface area contributed by atoms with Gasteiger partial charge < -0.3 is 11.1 Å². The highest BCUT2D eigenvalue weighted by molar-refractivity contribution is 5.95. The lowest BCUT2D eigenvalue weighted by Gasteiger charge is -2.37. The topological polar surface area (TPSA) is 98.2 Å². The number of pyridine rings is 1. The number of nitrogens with one attached hydrogen (secondary N) is 1. The Hall–Kier alpha value is -3.43. The van der Waals surface area contributed by atoms with Crippen molar-refractivity contribution in [2.24, 2.45) is 10.7 Å². The summed E-state index contributed by atoms with van der Waals surface area (Å²) in [5.74, 6) is -1.03. The Morgan fingerprint density at radius 1 is 1.36 bits per heavy atom. The molecule has 1 fully saturated rings. The summed E-state index contributed by atoms with van der Waals surface area (Å²) in [5, 5.41) is 6.21. The number of nitrogens with two attached hydrogens (primary N) is 1. The van der Waals surface area contributed by atoms with Gasteiger partial charge in [-0.15, -0.1) is 0 Å². The van der Waals surface area contributed by atoms with Crippen molar-refractivity contribution in [2.45, 2.75) is 50.6 Å². The van der Waals surface area contributed by atoms with Crippen LogP contribution in [-0.4, -0.2) is 33.4 Å².